The quantitative estimate of drug-likeness (QED) is 0.566. The topological polar surface area (TPSA) is 38.9 Å². The van der Waals surface area contributed by atoms with Gasteiger partial charge in [0.1, 0.15) is 10.7 Å². The molecule has 2 aromatic rings. The average molecular weight is 169 g/mol. The molecule has 0 N–H and O–H groups in total. The Balaban J connectivity index is 2.82. The minimum Gasteiger partial charge on any atom is -0.423 e. The first-order valence-corrected chi connectivity index (χ1v) is 3.53. The van der Waals surface area contributed by atoms with Crippen LogP contribution < -0.4 is 0 Å². The zero-order valence-corrected chi connectivity index (χ0v) is 6.59. The molecule has 0 atom stereocenters. The maximum Gasteiger partial charge on any atom is 0.248 e. The molecule has 0 saturated carbocycles. The van der Waals surface area contributed by atoms with Gasteiger partial charge in [-0.25, -0.2) is 4.98 Å². The molecule has 0 radical (unpaired) electrons. The summed E-state index contributed by atoms with van der Waals surface area (Å²) in [5.41, 5.74) is 1.24. The van der Waals surface area contributed by atoms with Gasteiger partial charge in [-0.1, -0.05) is 11.6 Å². The van der Waals surface area contributed by atoms with Crippen molar-refractivity contribution in [2.45, 2.75) is 6.92 Å². The molecule has 0 amide bonds. The number of fused-ring (bicyclic) bond motifs is 1. The van der Waals surface area contributed by atoms with Crippen LogP contribution in [0.3, 0.4) is 0 Å². The Hall–Kier alpha value is -1.09. The highest BCUT2D eigenvalue weighted by Crippen LogP contribution is 2.15. The SMILES string of the molecule is Cc1nc2ccc(Cl)nc2o1. The largest absolute Gasteiger partial charge is 0.423 e. The van der Waals surface area contributed by atoms with Crippen LogP contribution in [0.25, 0.3) is 11.2 Å². The molecule has 4 heteroatoms. The fraction of sp³-hybridized carbons (Fsp3) is 0.143. The molecule has 0 bridgehead atoms. The average Bonchev–Trinajstić information content (AvgIpc) is 2.27. The molecule has 0 aliphatic rings. The Labute approximate surface area is 68.0 Å². The first kappa shape index (κ1) is 6.61. The van der Waals surface area contributed by atoms with E-state index in [2.05, 4.69) is 9.97 Å². The van der Waals surface area contributed by atoms with Crippen molar-refractivity contribution in [3.63, 3.8) is 0 Å². The second-order valence-corrected chi connectivity index (χ2v) is 2.58. The van der Waals surface area contributed by atoms with E-state index in [1.165, 1.54) is 0 Å². The second kappa shape index (κ2) is 2.20. The Morgan fingerprint density at radius 3 is 3.00 bits per heavy atom. The molecule has 3 nitrogen and oxygen atoms in total. The zero-order valence-electron chi connectivity index (χ0n) is 5.84. The molecule has 0 saturated heterocycles. The van der Waals surface area contributed by atoms with Gasteiger partial charge in [0.25, 0.3) is 0 Å². The molecule has 0 aliphatic carbocycles. The lowest BCUT2D eigenvalue weighted by Crippen LogP contribution is -1.73. The van der Waals surface area contributed by atoms with Crippen LogP contribution in [0.2, 0.25) is 5.15 Å². The third-order valence-electron chi connectivity index (χ3n) is 1.33. The van der Waals surface area contributed by atoms with E-state index in [-0.39, 0.29) is 0 Å². The van der Waals surface area contributed by atoms with Gasteiger partial charge in [0.05, 0.1) is 0 Å². The highest BCUT2D eigenvalue weighted by atomic mass is 35.5. The Bertz CT molecular complexity index is 396. The number of hydrogen-bond donors (Lipinski definition) is 0. The van der Waals surface area contributed by atoms with Crippen LogP contribution in [0.4, 0.5) is 0 Å². The predicted molar refractivity (Wildman–Crippen MR) is 41.6 cm³/mol. The number of hydrogen-bond acceptors (Lipinski definition) is 3. The summed E-state index contributed by atoms with van der Waals surface area (Å²) >= 11 is 5.63. The van der Waals surface area contributed by atoms with E-state index in [1.54, 1.807) is 19.1 Å². The third kappa shape index (κ3) is 1.07. The number of oxazole rings is 1. The zero-order chi connectivity index (χ0) is 7.84. The molecular formula is C7H5ClN2O. The highest BCUT2D eigenvalue weighted by molar-refractivity contribution is 6.29. The van der Waals surface area contributed by atoms with Gasteiger partial charge in [-0.3, -0.25) is 0 Å². The molecule has 0 aliphatic heterocycles. The van der Waals surface area contributed by atoms with Crippen molar-refractivity contribution in [3.8, 4) is 0 Å². The first-order valence-electron chi connectivity index (χ1n) is 3.15. The summed E-state index contributed by atoms with van der Waals surface area (Å²) < 4.78 is 5.14. The van der Waals surface area contributed by atoms with Gasteiger partial charge in [0.15, 0.2) is 5.89 Å². The standard InChI is InChI=1S/C7H5ClN2O/c1-4-9-5-2-3-6(8)10-7(5)11-4/h2-3H,1H3. The summed E-state index contributed by atoms with van der Waals surface area (Å²) in [6.07, 6.45) is 0. The molecule has 2 heterocycles. The summed E-state index contributed by atoms with van der Waals surface area (Å²) in [4.78, 5) is 8.00. The molecule has 2 aromatic heterocycles. The van der Waals surface area contributed by atoms with Crippen molar-refractivity contribution < 1.29 is 4.42 Å². The van der Waals surface area contributed by atoms with Crippen LogP contribution in [-0.2, 0) is 0 Å². The van der Waals surface area contributed by atoms with E-state index in [9.17, 15) is 0 Å². The van der Waals surface area contributed by atoms with Crippen molar-refractivity contribution >= 4 is 22.8 Å². The van der Waals surface area contributed by atoms with E-state index in [1.807, 2.05) is 0 Å². The fourth-order valence-corrected chi connectivity index (χ4v) is 1.04. The number of pyridine rings is 1. The van der Waals surface area contributed by atoms with Crippen LogP contribution >= 0.6 is 11.6 Å². The van der Waals surface area contributed by atoms with Crippen molar-refractivity contribution in [2.75, 3.05) is 0 Å². The Kier molecular flexibility index (Phi) is 1.32. The summed E-state index contributed by atoms with van der Waals surface area (Å²) in [6, 6.07) is 3.47. The lowest BCUT2D eigenvalue weighted by atomic mass is 10.4. The van der Waals surface area contributed by atoms with Gasteiger partial charge in [0.2, 0.25) is 5.71 Å². The summed E-state index contributed by atoms with van der Waals surface area (Å²) in [5, 5.41) is 0.425. The minimum absolute atomic E-state index is 0.425. The summed E-state index contributed by atoms with van der Waals surface area (Å²) in [7, 11) is 0. The smallest absolute Gasteiger partial charge is 0.248 e. The lowest BCUT2D eigenvalue weighted by molar-refractivity contribution is 0.551. The summed E-state index contributed by atoms with van der Waals surface area (Å²) in [5.74, 6) is 0.606. The second-order valence-electron chi connectivity index (χ2n) is 2.19. The maximum absolute atomic E-state index is 5.63. The molecule has 11 heavy (non-hydrogen) atoms. The molecule has 0 unspecified atom stereocenters. The predicted octanol–water partition coefficient (Wildman–Crippen LogP) is 2.18. The van der Waals surface area contributed by atoms with Gasteiger partial charge in [-0.15, -0.1) is 0 Å². The molecule has 0 spiro atoms. The van der Waals surface area contributed by atoms with E-state index in [4.69, 9.17) is 16.0 Å². The van der Waals surface area contributed by atoms with E-state index >= 15 is 0 Å². The number of nitrogens with zero attached hydrogens (tertiary/aromatic N) is 2. The molecule has 56 valence electrons. The molecule has 2 rings (SSSR count). The maximum atomic E-state index is 5.63. The number of aromatic nitrogens is 2. The highest BCUT2D eigenvalue weighted by Gasteiger charge is 2.02. The monoisotopic (exact) mass is 168 g/mol. The minimum atomic E-state index is 0.425. The van der Waals surface area contributed by atoms with Crippen molar-refractivity contribution in [3.05, 3.63) is 23.2 Å². The van der Waals surface area contributed by atoms with E-state index in [0.29, 0.717) is 16.8 Å². The Morgan fingerprint density at radius 2 is 2.18 bits per heavy atom. The van der Waals surface area contributed by atoms with Gasteiger partial charge >= 0.3 is 0 Å². The number of halogens is 1. The fourth-order valence-electron chi connectivity index (χ4n) is 0.903. The summed E-state index contributed by atoms with van der Waals surface area (Å²) in [6.45, 7) is 1.77. The third-order valence-corrected chi connectivity index (χ3v) is 1.54. The molecular weight excluding hydrogens is 164 g/mol. The number of rotatable bonds is 0. The first-order chi connectivity index (χ1) is 5.25. The van der Waals surface area contributed by atoms with Gasteiger partial charge in [0, 0.05) is 6.92 Å². The van der Waals surface area contributed by atoms with Gasteiger partial charge in [-0.2, -0.15) is 4.98 Å². The van der Waals surface area contributed by atoms with Crippen LogP contribution in [0.1, 0.15) is 5.89 Å². The van der Waals surface area contributed by atoms with Gasteiger partial charge in [-0.05, 0) is 12.1 Å². The van der Waals surface area contributed by atoms with E-state index < -0.39 is 0 Å². The lowest BCUT2D eigenvalue weighted by Gasteiger charge is -1.84. The Morgan fingerprint density at radius 1 is 1.36 bits per heavy atom. The van der Waals surface area contributed by atoms with Crippen LogP contribution in [0, 0.1) is 6.92 Å². The van der Waals surface area contributed by atoms with E-state index in [0.717, 1.165) is 5.52 Å². The molecule has 0 aromatic carbocycles. The van der Waals surface area contributed by atoms with Crippen LogP contribution in [-0.4, -0.2) is 9.97 Å². The van der Waals surface area contributed by atoms with Crippen molar-refractivity contribution in [1.82, 2.24) is 9.97 Å². The number of aryl methyl sites for hydroxylation is 1. The van der Waals surface area contributed by atoms with Crippen molar-refractivity contribution in [1.29, 1.82) is 0 Å². The van der Waals surface area contributed by atoms with Crippen molar-refractivity contribution in [2.24, 2.45) is 0 Å². The van der Waals surface area contributed by atoms with Crippen LogP contribution in [0.5, 0.6) is 0 Å². The molecule has 0 fully saturated rings. The normalized spacial score (nSPS) is 10.7. The van der Waals surface area contributed by atoms with Gasteiger partial charge < -0.3 is 4.42 Å². The van der Waals surface area contributed by atoms with Crippen LogP contribution in [0.15, 0.2) is 16.5 Å².